The molecule has 0 unspecified atom stereocenters. The Morgan fingerprint density at radius 2 is 0.590 bits per heavy atom. The van der Waals surface area contributed by atoms with Crippen LogP contribution in [0, 0.1) is 0 Å². The summed E-state index contributed by atoms with van der Waals surface area (Å²) in [6, 6.07) is 67.2. The van der Waals surface area contributed by atoms with E-state index in [-0.39, 0.29) is 5.41 Å². The minimum atomic E-state index is -0.224. The summed E-state index contributed by atoms with van der Waals surface area (Å²) in [6.07, 6.45) is 0. The van der Waals surface area contributed by atoms with Crippen LogP contribution in [0.5, 0.6) is 11.5 Å². The van der Waals surface area contributed by atoms with Gasteiger partial charge in [0.2, 0.25) is 0 Å². The molecule has 0 aromatic heterocycles. The average Bonchev–Trinajstić information content (AvgIpc) is 3.52. The van der Waals surface area contributed by atoms with E-state index >= 15 is 0 Å². The zero-order valence-corrected chi connectivity index (χ0v) is 35.1. The van der Waals surface area contributed by atoms with Gasteiger partial charge in [0.25, 0.3) is 0 Å². The fourth-order valence-electron chi connectivity index (χ4n) is 10.3. The molecule has 0 radical (unpaired) electrons. The van der Waals surface area contributed by atoms with Gasteiger partial charge in [-0.3, -0.25) is 0 Å². The van der Waals surface area contributed by atoms with E-state index in [4.69, 9.17) is 9.47 Å². The SMILES string of the molecule is CCOc1ccc(-c2c3ccccc3c(-c3ccc4c(c3)C(C)(C)c3cc(-c5c6ccccc6c(-c6ccc(OCC)cc6)c6ccccc56)ccc3-4)c3ccccc23)cc1. The number of hydrogen-bond acceptors (Lipinski definition) is 2. The van der Waals surface area contributed by atoms with Gasteiger partial charge in [-0.1, -0.05) is 159 Å². The van der Waals surface area contributed by atoms with Crippen LogP contribution in [0.4, 0.5) is 0 Å². The maximum absolute atomic E-state index is 5.81. The molecule has 0 heterocycles. The van der Waals surface area contributed by atoms with Gasteiger partial charge in [-0.05, 0) is 160 Å². The van der Waals surface area contributed by atoms with E-state index in [9.17, 15) is 0 Å². The van der Waals surface area contributed by atoms with Gasteiger partial charge in [-0.15, -0.1) is 0 Å². The predicted molar refractivity (Wildman–Crippen MR) is 258 cm³/mol. The minimum Gasteiger partial charge on any atom is -0.494 e. The lowest BCUT2D eigenvalue weighted by Gasteiger charge is -2.24. The van der Waals surface area contributed by atoms with Crippen molar-refractivity contribution in [2.45, 2.75) is 33.1 Å². The normalized spacial score (nSPS) is 12.9. The van der Waals surface area contributed by atoms with Crippen LogP contribution in [0.1, 0.15) is 38.8 Å². The number of ether oxygens (including phenoxy) is 2. The average molecular weight is 787 g/mol. The van der Waals surface area contributed by atoms with E-state index in [1.807, 2.05) is 13.8 Å². The summed E-state index contributed by atoms with van der Waals surface area (Å²) in [6.45, 7) is 10.2. The fraction of sp³-hybridized carbons (Fsp3) is 0.119. The van der Waals surface area contributed by atoms with Gasteiger partial charge in [-0.25, -0.2) is 0 Å². The largest absolute Gasteiger partial charge is 0.494 e. The van der Waals surface area contributed by atoms with Gasteiger partial charge in [0.05, 0.1) is 13.2 Å². The molecule has 294 valence electrons. The van der Waals surface area contributed by atoms with E-state index in [1.165, 1.54) is 110 Å². The Kier molecular flexibility index (Phi) is 8.79. The number of rotatable bonds is 8. The summed E-state index contributed by atoms with van der Waals surface area (Å²) < 4.78 is 11.6. The molecule has 0 bridgehead atoms. The molecule has 0 saturated carbocycles. The fourth-order valence-corrected chi connectivity index (χ4v) is 10.3. The summed E-state index contributed by atoms with van der Waals surface area (Å²) in [5.74, 6) is 1.79. The molecule has 10 aromatic rings. The van der Waals surface area contributed by atoms with Crippen LogP contribution >= 0.6 is 0 Å². The molecule has 2 heteroatoms. The van der Waals surface area contributed by atoms with Crippen molar-refractivity contribution in [2.24, 2.45) is 0 Å². The highest BCUT2D eigenvalue weighted by atomic mass is 16.5. The van der Waals surface area contributed by atoms with Crippen molar-refractivity contribution < 1.29 is 9.47 Å². The Labute approximate surface area is 357 Å². The lowest BCUT2D eigenvalue weighted by molar-refractivity contribution is 0.340. The third kappa shape index (κ3) is 5.85. The van der Waals surface area contributed by atoms with Crippen LogP contribution in [-0.4, -0.2) is 13.2 Å². The van der Waals surface area contributed by atoms with Crippen molar-refractivity contribution in [1.82, 2.24) is 0 Å². The molecule has 0 N–H and O–H groups in total. The molecular weight excluding hydrogens is 741 g/mol. The number of fused-ring (bicyclic) bond motifs is 7. The second kappa shape index (κ2) is 14.5. The molecule has 0 amide bonds. The maximum Gasteiger partial charge on any atom is 0.119 e. The molecule has 61 heavy (non-hydrogen) atoms. The molecule has 0 saturated heterocycles. The summed E-state index contributed by atoms with van der Waals surface area (Å²) in [7, 11) is 0. The van der Waals surface area contributed by atoms with Crippen molar-refractivity contribution in [3.63, 3.8) is 0 Å². The Bertz CT molecular complexity index is 3000. The highest BCUT2D eigenvalue weighted by Gasteiger charge is 2.36. The molecule has 0 aliphatic heterocycles. The van der Waals surface area contributed by atoms with Crippen molar-refractivity contribution in [3.05, 3.63) is 193 Å². The second-order valence-electron chi connectivity index (χ2n) is 16.7. The summed E-state index contributed by atoms with van der Waals surface area (Å²) in [5, 5.41) is 10.0. The molecule has 10 aromatic carbocycles. The van der Waals surface area contributed by atoms with Crippen LogP contribution < -0.4 is 9.47 Å². The lowest BCUT2D eigenvalue weighted by atomic mass is 9.79. The van der Waals surface area contributed by atoms with Gasteiger partial charge >= 0.3 is 0 Å². The molecular formula is C59H46O2. The molecule has 1 aliphatic carbocycles. The highest BCUT2D eigenvalue weighted by molar-refractivity contribution is 6.23. The van der Waals surface area contributed by atoms with E-state index < -0.39 is 0 Å². The van der Waals surface area contributed by atoms with Crippen LogP contribution in [0.3, 0.4) is 0 Å². The quantitative estimate of drug-likeness (QED) is 0.143. The van der Waals surface area contributed by atoms with Crippen molar-refractivity contribution in [2.75, 3.05) is 13.2 Å². The van der Waals surface area contributed by atoms with Crippen molar-refractivity contribution in [1.29, 1.82) is 0 Å². The van der Waals surface area contributed by atoms with Gasteiger partial charge in [0.1, 0.15) is 11.5 Å². The van der Waals surface area contributed by atoms with E-state index in [2.05, 4.69) is 196 Å². The Balaban J connectivity index is 1.06. The zero-order chi connectivity index (χ0) is 41.2. The van der Waals surface area contributed by atoms with Crippen molar-refractivity contribution >= 4 is 43.1 Å². The molecule has 11 rings (SSSR count). The van der Waals surface area contributed by atoms with Gasteiger partial charge in [0.15, 0.2) is 0 Å². The summed E-state index contributed by atoms with van der Waals surface area (Å²) in [5.41, 5.74) is 15.1. The standard InChI is InChI=1S/C59H46O2/c1-5-60-41-29-23-37(24-30-41)55-45-15-7-11-19-49(45)57(50-20-12-8-16-46(50)55)39-27-33-43-44-34-28-40(36-54(44)59(3,4)53(43)35-39)58-51-21-13-9-17-47(51)56(48-18-10-14-22-52(48)58)38-25-31-42(32-26-38)61-6-2/h7-36H,5-6H2,1-4H3. The summed E-state index contributed by atoms with van der Waals surface area (Å²) >= 11 is 0. The van der Waals surface area contributed by atoms with Crippen LogP contribution in [0.2, 0.25) is 0 Å². The summed E-state index contributed by atoms with van der Waals surface area (Å²) in [4.78, 5) is 0. The Hall–Kier alpha value is -7.16. The van der Waals surface area contributed by atoms with Gasteiger partial charge < -0.3 is 9.47 Å². The zero-order valence-electron chi connectivity index (χ0n) is 35.1. The topological polar surface area (TPSA) is 18.5 Å². The van der Waals surface area contributed by atoms with Crippen LogP contribution in [0.25, 0.3) is 98.7 Å². The molecule has 1 aliphatic rings. The highest BCUT2D eigenvalue weighted by Crippen LogP contribution is 2.53. The van der Waals surface area contributed by atoms with E-state index in [0.29, 0.717) is 13.2 Å². The first kappa shape index (κ1) is 36.9. The van der Waals surface area contributed by atoms with Crippen molar-refractivity contribution in [3.8, 4) is 67.1 Å². The second-order valence-corrected chi connectivity index (χ2v) is 16.7. The van der Waals surface area contributed by atoms with Gasteiger partial charge in [0, 0.05) is 5.41 Å². The molecule has 2 nitrogen and oxygen atoms in total. The first-order valence-corrected chi connectivity index (χ1v) is 21.6. The minimum absolute atomic E-state index is 0.224. The van der Waals surface area contributed by atoms with Crippen LogP contribution in [0.15, 0.2) is 182 Å². The third-order valence-electron chi connectivity index (χ3n) is 13.0. The Morgan fingerprint density at radius 1 is 0.328 bits per heavy atom. The monoisotopic (exact) mass is 786 g/mol. The number of benzene rings is 10. The first-order valence-electron chi connectivity index (χ1n) is 21.6. The lowest BCUT2D eigenvalue weighted by Crippen LogP contribution is -2.15. The smallest absolute Gasteiger partial charge is 0.119 e. The molecule has 0 fully saturated rings. The van der Waals surface area contributed by atoms with E-state index in [0.717, 1.165) is 11.5 Å². The van der Waals surface area contributed by atoms with Gasteiger partial charge in [-0.2, -0.15) is 0 Å². The third-order valence-corrected chi connectivity index (χ3v) is 13.0. The van der Waals surface area contributed by atoms with Crippen LogP contribution in [-0.2, 0) is 5.41 Å². The molecule has 0 spiro atoms. The molecule has 0 atom stereocenters. The Morgan fingerprint density at radius 3 is 0.869 bits per heavy atom. The van der Waals surface area contributed by atoms with E-state index in [1.54, 1.807) is 0 Å². The predicted octanol–water partition coefficient (Wildman–Crippen LogP) is 16.1. The maximum atomic E-state index is 5.81. The first-order chi connectivity index (χ1) is 29.9. The number of hydrogen-bond donors (Lipinski definition) is 0.